The zero-order valence-corrected chi connectivity index (χ0v) is 13.8. The summed E-state index contributed by atoms with van der Waals surface area (Å²) >= 11 is 0. The number of esters is 1. The van der Waals surface area contributed by atoms with E-state index >= 15 is 0 Å². The number of hydrogen-bond donors (Lipinski definition) is 0. The van der Waals surface area contributed by atoms with E-state index in [0.717, 1.165) is 24.8 Å². The normalized spacial score (nSPS) is 16.9. The van der Waals surface area contributed by atoms with Gasteiger partial charge in [-0.05, 0) is 45.6 Å². The third-order valence-corrected chi connectivity index (χ3v) is 3.66. The molecule has 1 aliphatic carbocycles. The lowest BCUT2D eigenvalue weighted by atomic mass is 9.80. The van der Waals surface area contributed by atoms with Gasteiger partial charge in [-0.15, -0.1) is 0 Å². The van der Waals surface area contributed by atoms with Gasteiger partial charge in [0.15, 0.2) is 0 Å². The molecule has 22 heavy (non-hydrogen) atoms. The summed E-state index contributed by atoms with van der Waals surface area (Å²) in [6, 6.07) is 10.1. The average molecular weight is 306 g/mol. The summed E-state index contributed by atoms with van der Waals surface area (Å²) in [4.78, 5) is 11.8. The lowest BCUT2D eigenvalue weighted by Crippen LogP contribution is -2.46. The molecule has 0 aliphatic heterocycles. The first-order valence-corrected chi connectivity index (χ1v) is 7.86. The Bertz CT molecular complexity index is 472. The molecule has 0 amide bonds. The molecule has 1 saturated carbocycles. The summed E-state index contributed by atoms with van der Waals surface area (Å²) in [5, 5.41) is 0. The lowest BCUT2D eigenvalue weighted by molar-refractivity contribution is -0.182. The van der Waals surface area contributed by atoms with Gasteiger partial charge in [0.05, 0.1) is 18.8 Å². The van der Waals surface area contributed by atoms with Crippen molar-refractivity contribution in [1.82, 2.24) is 0 Å². The van der Waals surface area contributed by atoms with Crippen molar-refractivity contribution in [3.63, 3.8) is 0 Å². The lowest BCUT2D eigenvalue weighted by Gasteiger charge is -2.41. The van der Waals surface area contributed by atoms with Crippen molar-refractivity contribution in [2.75, 3.05) is 13.2 Å². The van der Waals surface area contributed by atoms with Crippen LogP contribution in [0.25, 0.3) is 0 Å². The van der Waals surface area contributed by atoms with E-state index in [4.69, 9.17) is 14.2 Å². The number of benzene rings is 1. The van der Waals surface area contributed by atoms with E-state index in [1.165, 1.54) is 0 Å². The van der Waals surface area contributed by atoms with Gasteiger partial charge < -0.3 is 14.2 Å². The predicted octanol–water partition coefficient (Wildman–Crippen LogP) is 3.48. The van der Waals surface area contributed by atoms with Crippen molar-refractivity contribution in [2.45, 2.75) is 57.8 Å². The third kappa shape index (κ3) is 5.43. The maximum Gasteiger partial charge on any atom is 0.332 e. The Hall–Kier alpha value is -1.39. The summed E-state index contributed by atoms with van der Waals surface area (Å²) in [5.41, 5.74) is 0.354. The summed E-state index contributed by atoms with van der Waals surface area (Å²) in [6.07, 6.45) is 2.98. The highest BCUT2D eigenvalue weighted by Crippen LogP contribution is 2.36. The van der Waals surface area contributed by atoms with Gasteiger partial charge in [0.1, 0.15) is 12.2 Å². The van der Waals surface area contributed by atoms with Crippen LogP contribution in [0.5, 0.6) is 0 Å². The van der Waals surface area contributed by atoms with Crippen molar-refractivity contribution in [2.24, 2.45) is 0 Å². The number of carbonyl (C=O) groups is 1. The largest absolute Gasteiger partial charge is 0.458 e. The van der Waals surface area contributed by atoms with Crippen LogP contribution >= 0.6 is 0 Å². The Kier molecular flexibility index (Phi) is 5.59. The Labute approximate surface area is 132 Å². The minimum absolute atomic E-state index is 0.00797. The van der Waals surface area contributed by atoms with Crippen LogP contribution in [-0.2, 0) is 25.6 Å². The number of ether oxygens (including phenoxy) is 3. The van der Waals surface area contributed by atoms with Crippen molar-refractivity contribution in [1.29, 1.82) is 0 Å². The fraction of sp³-hybridized carbons (Fsp3) is 0.611. The van der Waals surface area contributed by atoms with Crippen LogP contribution in [0.4, 0.5) is 0 Å². The SMILES string of the molecule is CC(C)(C)OC(=O)COC1(COCc2ccccc2)CCC1. The van der Waals surface area contributed by atoms with E-state index in [2.05, 4.69) is 0 Å². The maximum atomic E-state index is 11.8. The Balaban J connectivity index is 1.74. The first-order valence-electron chi connectivity index (χ1n) is 7.86. The molecule has 0 N–H and O–H groups in total. The second-order valence-electron chi connectivity index (χ2n) is 6.89. The zero-order chi connectivity index (χ0) is 16.1. The zero-order valence-electron chi connectivity index (χ0n) is 13.8. The first kappa shape index (κ1) is 17.0. The van der Waals surface area contributed by atoms with E-state index in [-0.39, 0.29) is 18.2 Å². The summed E-state index contributed by atoms with van der Waals surface area (Å²) in [5.74, 6) is -0.318. The Morgan fingerprint density at radius 1 is 1.18 bits per heavy atom. The molecule has 1 aliphatic rings. The molecule has 0 heterocycles. The Morgan fingerprint density at radius 2 is 1.86 bits per heavy atom. The van der Waals surface area contributed by atoms with Gasteiger partial charge >= 0.3 is 5.97 Å². The van der Waals surface area contributed by atoms with Crippen molar-refractivity contribution >= 4 is 5.97 Å². The van der Waals surface area contributed by atoms with Crippen LogP contribution in [0, 0.1) is 0 Å². The highest BCUT2D eigenvalue weighted by atomic mass is 16.6. The predicted molar refractivity (Wildman–Crippen MR) is 84.5 cm³/mol. The van der Waals surface area contributed by atoms with Gasteiger partial charge in [-0.25, -0.2) is 4.79 Å². The van der Waals surface area contributed by atoms with Gasteiger partial charge in [-0.3, -0.25) is 0 Å². The van der Waals surface area contributed by atoms with E-state index in [0.29, 0.717) is 13.2 Å². The van der Waals surface area contributed by atoms with Crippen LogP contribution in [0.1, 0.15) is 45.6 Å². The standard InChI is InChI=1S/C18H26O4/c1-17(2,3)22-16(19)13-21-18(10-7-11-18)14-20-12-15-8-5-4-6-9-15/h4-6,8-9H,7,10-14H2,1-3H3. The van der Waals surface area contributed by atoms with Gasteiger partial charge in [0.2, 0.25) is 0 Å². The molecular formula is C18H26O4. The van der Waals surface area contributed by atoms with E-state index < -0.39 is 5.60 Å². The first-order chi connectivity index (χ1) is 10.4. The van der Waals surface area contributed by atoms with Gasteiger partial charge in [0.25, 0.3) is 0 Å². The number of hydrogen-bond acceptors (Lipinski definition) is 4. The molecule has 0 bridgehead atoms. The average Bonchev–Trinajstić information content (AvgIpc) is 2.40. The molecule has 2 rings (SSSR count). The molecule has 0 unspecified atom stereocenters. The minimum Gasteiger partial charge on any atom is -0.458 e. The van der Waals surface area contributed by atoms with Gasteiger partial charge in [-0.2, -0.15) is 0 Å². The molecule has 1 aromatic carbocycles. The molecule has 0 saturated heterocycles. The summed E-state index contributed by atoms with van der Waals surface area (Å²) in [6.45, 7) is 6.64. The Morgan fingerprint density at radius 3 is 2.41 bits per heavy atom. The van der Waals surface area contributed by atoms with Crippen molar-refractivity contribution < 1.29 is 19.0 Å². The van der Waals surface area contributed by atoms with E-state index in [1.807, 2.05) is 51.1 Å². The topological polar surface area (TPSA) is 44.8 Å². The monoisotopic (exact) mass is 306 g/mol. The smallest absolute Gasteiger partial charge is 0.332 e. The quantitative estimate of drug-likeness (QED) is 0.723. The van der Waals surface area contributed by atoms with E-state index in [9.17, 15) is 4.79 Å². The molecule has 0 aromatic heterocycles. The number of carbonyl (C=O) groups excluding carboxylic acids is 1. The molecular weight excluding hydrogens is 280 g/mol. The van der Waals surface area contributed by atoms with Crippen LogP contribution < -0.4 is 0 Å². The van der Waals surface area contributed by atoms with Crippen LogP contribution in [-0.4, -0.2) is 30.4 Å². The molecule has 4 heteroatoms. The molecule has 122 valence electrons. The highest BCUT2D eigenvalue weighted by molar-refractivity contribution is 5.71. The minimum atomic E-state index is -0.475. The fourth-order valence-electron chi connectivity index (χ4n) is 2.41. The van der Waals surface area contributed by atoms with Crippen molar-refractivity contribution in [3.8, 4) is 0 Å². The summed E-state index contributed by atoms with van der Waals surface area (Å²) < 4.78 is 16.9. The van der Waals surface area contributed by atoms with Crippen LogP contribution in [0.2, 0.25) is 0 Å². The van der Waals surface area contributed by atoms with Crippen molar-refractivity contribution in [3.05, 3.63) is 35.9 Å². The van der Waals surface area contributed by atoms with Gasteiger partial charge in [0, 0.05) is 0 Å². The fourth-order valence-corrected chi connectivity index (χ4v) is 2.41. The second kappa shape index (κ2) is 7.25. The highest BCUT2D eigenvalue weighted by Gasteiger charge is 2.39. The van der Waals surface area contributed by atoms with Gasteiger partial charge in [-0.1, -0.05) is 30.3 Å². The molecule has 0 spiro atoms. The van der Waals surface area contributed by atoms with E-state index in [1.54, 1.807) is 0 Å². The third-order valence-electron chi connectivity index (χ3n) is 3.66. The maximum absolute atomic E-state index is 11.8. The second-order valence-corrected chi connectivity index (χ2v) is 6.89. The molecule has 1 fully saturated rings. The van der Waals surface area contributed by atoms with Crippen LogP contribution in [0.15, 0.2) is 30.3 Å². The molecule has 1 aromatic rings. The van der Waals surface area contributed by atoms with Crippen LogP contribution in [0.3, 0.4) is 0 Å². The molecule has 4 nitrogen and oxygen atoms in total. The molecule has 0 radical (unpaired) electrons. The summed E-state index contributed by atoms with van der Waals surface area (Å²) in [7, 11) is 0. The number of rotatable bonds is 7. The molecule has 0 atom stereocenters.